The summed E-state index contributed by atoms with van der Waals surface area (Å²) in [5.74, 6) is -2.40. The van der Waals surface area contributed by atoms with Gasteiger partial charge in [-0.15, -0.1) is 12.4 Å². The Hall–Kier alpha value is -0.720. The summed E-state index contributed by atoms with van der Waals surface area (Å²) in [6.07, 6.45) is 1.54. The minimum Gasteiger partial charge on any atom is -0.349 e. The topological polar surface area (TPSA) is 41.1 Å². The molecular weight excluding hydrogens is 341 g/mol. The van der Waals surface area contributed by atoms with Crippen LogP contribution in [0.15, 0.2) is 16.6 Å². The van der Waals surface area contributed by atoms with Gasteiger partial charge in [0.05, 0.1) is 0 Å². The molecule has 1 aliphatic rings. The van der Waals surface area contributed by atoms with Crippen molar-refractivity contribution < 1.29 is 13.6 Å². The number of rotatable bonds is 2. The van der Waals surface area contributed by atoms with E-state index in [9.17, 15) is 13.6 Å². The summed E-state index contributed by atoms with van der Waals surface area (Å²) in [4.78, 5) is 11.8. The molecule has 0 bridgehead atoms. The van der Waals surface area contributed by atoms with Crippen LogP contribution >= 0.6 is 28.3 Å². The Morgan fingerprint density at radius 3 is 2.32 bits per heavy atom. The van der Waals surface area contributed by atoms with Gasteiger partial charge in [0.2, 0.25) is 0 Å². The van der Waals surface area contributed by atoms with E-state index in [1.54, 1.807) is 0 Å². The van der Waals surface area contributed by atoms with Gasteiger partial charge in [-0.25, -0.2) is 8.78 Å². The molecule has 0 saturated carbocycles. The van der Waals surface area contributed by atoms with Gasteiger partial charge in [-0.2, -0.15) is 0 Å². The van der Waals surface area contributed by atoms with E-state index >= 15 is 0 Å². The van der Waals surface area contributed by atoms with Crippen LogP contribution in [0, 0.1) is 11.6 Å². The lowest BCUT2D eigenvalue weighted by Gasteiger charge is -2.23. The van der Waals surface area contributed by atoms with E-state index in [-0.39, 0.29) is 22.9 Å². The van der Waals surface area contributed by atoms with Gasteiger partial charge in [-0.1, -0.05) is 15.9 Å². The molecule has 2 rings (SSSR count). The number of hydrogen-bond acceptors (Lipinski definition) is 2. The molecule has 1 aromatic rings. The third-order valence-electron chi connectivity index (χ3n) is 2.91. The number of benzene rings is 1. The number of nitrogens with one attached hydrogen (secondary N) is 2. The van der Waals surface area contributed by atoms with Crippen molar-refractivity contribution in [3.8, 4) is 0 Å². The molecule has 2 N–H and O–H groups in total. The van der Waals surface area contributed by atoms with Gasteiger partial charge < -0.3 is 10.6 Å². The lowest BCUT2D eigenvalue weighted by molar-refractivity contribution is 0.0921. The van der Waals surface area contributed by atoms with Gasteiger partial charge in [-0.05, 0) is 38.1 Å². The van der Waals surface area contributed by atoms with Crippen LogP contribution in [0.25, 0.3) is 0 Å². The van der Waals surface area contributed by atoms with Crippen LogP contribution < -0.4 is 10.6 Å². The number of piperidine rings is 1. The lowest BCUT2D eigenvalue weighted by Crippen LogP contribution is -2.43. The zero-order valence-corrected chi connectivity index (χ0v) is 12.4. The van der Waals surface area contributed by atoms with Crippen LogP contribution in [0.1, 0.15) is 23.2 Å². The summed E-state index contributed by atoms with van der Waals surface area (Å²) < 4.78 is 27.4. The molecule has 0 radical (unpaired) electrons. The molecule has 1 saturated heterocycles. The summed E-state index contributed by atoms with van der Waals surface area (Å²) in [7, 11) is 0. The van der Waals surface area contributed by atoms with Crippen molar-refractivity contribution in [2.75, 3.05) is 13.1 Å². The SMILES string of the molecule is Cl.O=C(NC1CCNCC1)c1c(F)cc(Br)cc1F. The van der Waals surface area contributed by atoms with E-state index in [2.05, 4.69) is 26.6 Å². The summed E-state index contributed by atoms with van der Waals surface area (Å²) in [5, 5.41) is 5.81. The van der Waals surface area contributed by atoms with Gasteiger partial charge in [-0.3, -0.25) is 4.79 Å². The Labute approximate surface area is 124 Å². The van der Waals surface area contributed by atoms with E-state index in [1.165, 1.54) is 0 Å². The Kier molecular flexibility index (Phi) is 6.16. The highest BCUT2D eigenvalue weighted by atomic mass is 79.9. The van der Waals surface area contributed by atoms with E-state index in [0.717, 1.165) is 38.1 Å². The molecule has 0 aromatic heterocycles. The third-order valence-corrected chi connectivity index (χ3v) is 3.37. The van der Waals surface area contributed by atoms with Gasteiger partial charge in [0.25, 0.3) is 5.91 Å². The summed E-state index contributed by atoms with van der Waals surface area (Å²) in [6, 6.07) is 2.14. The first-order valence-electron chi connectivity index (χ1n) is 5.74. The largest absolute Gasteiger partial charge is 0.349 e. The Bertz CT molecular complexity index is 444. The Morgan fingerprint density at radius 1 is 1.26 bits per heavy atom. The maximum Gasteiger partial charge on any atom is 0.257 e. The average Bonchev–Trinajstić information content (AvgIpc) is 2.28. The maximum atomic E-state index is 13.6. The van der Waals surface area contributed by atoms with E-state index in [4.69, 9.17) is 0 Å². The molecule has 0 spiro atoms. The molecule has 1 aromatic carbocycles. The van der Waals surface area contributed by atoms with Gasteiger partial charge in [0.1, 0.15) is 17.2 Å². The van der Waals surface area contributed by atoms with Crippen molar-refractivity contribution >= 4 is 34.2 Å². The molecule has 0 atom stereocenters. The monoisotopic (exact) mass is 354 g/mol. The predicted molar refractivity (Wildman–Crippen MR) is 74.7 cm³/mol. The summed E-state index contributed by atoms with van der Waals surface area (Å²) in [6.45, 7) is 1.60. The first kappa shape index (κ1) is 16.3. The molecule has 7 heteroatoms. The Balaban J connectivity index is 0.00000180. The van der Waals surface area contributed by atoms with Gasteiger partial charge in [0, 0.05) is 10.5 Å². The van der Waals surface area contributed by atoms with Crippen molar-refractivity contribution in [3.05, 3.63) is 33.8 Å². The fourth-order valence-corrected chi connectivity index (χ4v) is 2.38. The van der Waals surface area contributed by atoms with Crippen molar-refractivity contribution in [2.24, 2.45) is 0 Å². The molecule has 0 unspecified atom stereocenters. The molecule has 3 nitrogen and oxygen atoms in total. The fourth-order valence-electron chi connectivity index (χ4n) is 1.98. The summed E-state index contributed by atoms with van der Waals surface area (Å²) in [5.41, 5.74) is -0.517. The second-order valence-electron chi connectivity index (χ2n) is 4.24. The van der Waals surface area contributed by atoms with Crippen molar-refractivity contribution in [1.29, 1.82) is 0 Å². The first-order valence-corrected chi connectivity index (χ1v) is 6.53. The van der Waals surface area contributed by atoms with Crippen LogP contribution in [0.4, 0.5) is 8.78 Å². The minimum absolute atomic E-state index is 0. The zero-order valence-electron chi connectivity index (χ0n) is 10.0. The molecule has 1 fully saturated rings. The van der Waals surface area contributed by atoms with Crippen molar-refractivity contribution in [2.45, 2.75) is 18.9 Å². The maximum absolute atomic E-state index is 13.6. The standard InChI is InChI=1S/C12H13BrF2N2O.ClH/c13-7-5-9(14)11(10(15)6-7)12(18)17-8-1-3-16-4-2-8;/h5-6,8,16H,1-4H2,(H,17,18);1H. The Morgan fingerprint density at radius 2 is 1.79 bits per heavy atom. The van der Waals surface area contributed by atoms with Crippen LogP contribution in [-0.4, -0.2) is 25.0 Å². The normalized spacial score (nSPS) is 15.7. The molecule has 106 valence electrons. The number of carbonyl (C=O) groups excluding carboxylic acids is 1. The predicted octanol–water partition coefficient (Wildman–Crippen LogP) is 2.63. The molecule has 0 aliphatic carbocycles. The number of hydrogen-bond donors (Lipinski definition) is 2. The van der Waals surface area contributed by atoms with E-state index in [0.29, 0.717) is 0 Å². The molecule has 1 heterocycles. The van der Waals surface area contributed by atoms with Gasteiger partial charge >= 0.3 is 0 Å². The summed E-state index contributed by atoms with van der Waals surface area (Å²) >= 11 is 2.97. The second-order valence-corrected chi connectivity index (χ2v) is 5.16. The quantitative estimate of drug-likeness (QED) is 0.856. The molecule has 1 amide bonds. The van der Waals surface area contributed by atoms with Gasteiger partial charge in [0.15, 0.2) is 0 Å². The highest BCUT2D eigenvalue weighted by Crippen LogP contribution is 2.19. The third kappa shape index (κ3) is 4.12. The first-order chi connectivity index (χ1) is 8.58. The van der Waals surface area contributed by atoms with Crippen LogP contribution in [0.2, 0.25) is 0 Å². The highest BCUT2D eigenvalue weighted by molar-refractivity contribution is 9.10. The minimum atomic E-state index is -0.853. The lowest BCUT2D eigenvalue weighted by atomic mass is 10.1. The van der Waals surface area contributed by atoms with Crippen molar-refractivity contribution in [3.63, 3.8) is 0 Å². The number of carbonyl (C=O) groups is 1. The van der Waals surface area contributed by atoms with Crippen LogP contribution in [-0.2, 0) is 0 Å². The van der Waals surface area contributed by atoms with Crippen molar-refractivity contribution in [1.82, 2.24) is 10.6 Å². The van der Waals surface area contributed by atoms with E-state index in [1.807, 2.05) is 0 Å². The average molecular weight is 356 g/mol. The second kappa shape index (κ2) is 7.17. The molecule has 1 aliphatic heterocycles. The van der Waals surface area contributed by atoms with Crippen LogP contribution in [0.3, 0.4) is 0 Å². The fraction of sp³-hybridized carbons (Fsp3) is 0.417. The molecule has 19 heavy (non-hydrogen) atoms. The van der Waals surface area contributed by atoms with Crippen LogP contribution in [0.5, 0.6) is 0 Å². The smallest absolute Gasteiger partial charge is 0.257 e. The number of halogens is 4. The van der Waals surface area contributed by atoms with E-state index < -0.39 is 23.1 Å². The zero-order chi connectivity index (χ0) is 13.1. The highest BCUT2D eigenvalue weighted by Gasteiger charge is 2.22. The number of amides is 1. The molecular formula is C12H14BrClF2N2O.